The quantitative estimate of drug-likeness (QED) is 0.455. The van der Waals surface area contributed by atoms with E-state index >= 15 is 0 Å². The zero-order valence-electron chi connectivity index (χ0n) is 6.59. The lowest BCUT2D eigenvalue weighted by atomic mass is 10.3. The number of hydrogen-bond donors (Lipinski definition) is 0. The Morgan fingerprint density at radius 1 is 1.45 bits per heavy atom. The van der Waals surface area contributed by atoms with E-state index in [1.54, 1.807) is 13.8 Å². The van der Waals surface area contributed by atoms with Crippen molar-refractivity contribution in [3.8, 4) is 0 Å². The predicted octanol–water partition coefficient (Wildman–Crippen LogP) is 0.867. The minimum absolute atomic E-state index is 0.255. The molecule has 0 bridgehead atoms. The minimum atomic E-state index is -1.10. The van der Waals surface area contributed by atoms with Crippen LogP contribution in [0.1, 0.15) is 20.3 Å². The Hall–Kier alpha value is -0.930. The molecular weight excluding hydrogens is 151 g/mol. The molecule has 0 aliphatic carbocycles. The average molecular weight is 162 g/mol. The van der Waals surface area contributed by atoms with Gasteiger partial charge in [0.25, 0.3) is 0 Å². The Morgan fingerprint density at radius 2 is 2.00 bits per heavy atom. The zero-order chi connectivity index (χ0) is 8.85. The van der Waals surface area contributed by atoms with Crippen LogP contribution >= 0.6 is 0 Å². The van der Waals surface area contributed by atoms with Crippen LogP contribution in [0.4, 0.5) is 4.39 Å². The summed E-state index contributed by atoms with van der Waals surface area (Å²) in [4.78, 5) is 20.9. The molecule has 0 heterocycles. The van der Waals surface area contributed by atoms with Crippen LogP contribution in [0, 0.1) is 0 Å². The highest BCUT2D eigenvalue weighted by atomic mass is 19.1. The van der Waals surface area contributed by atoms with E-state index in [2.05, 4.69) is 4.74 Å². The number of ketones is 1. The minimum Gasteiger partial charge on any atom is -0.463 e. The van der Waals surface area contributed by atoms with E-state index in [1.165, 1.54) is 0 Å². The lowest BCUT2D eigenvalue weighted by Gasteiger charge is -2.05. The molecule has 4 heteroatoms. The highest BCUT2D eigenvalue weighted by Crippen LogP contribution is 1.94. The third kappa shape index (κ3) is 5.51. The SMILES string of the molecule is CC(C)OC(=O)CC(=O)CF. The Bertz CT molecular complexity index is 154. The van der Waals surface area contributed by atoms with Gasteiger partial charge in [0.05, 0.1) is 6.10 Å². The number of halogens is 1. The number of rotatable bonds is 4. The van der Waals surface area contributed by atoms with Gasteiger partial charge in [-0.2, -0.15) is 0 Å². The van der Waals surface area contributed by atoms with Crippen LogP contribution in [0.25, 0.3) is 0 Å². The zero-order valence-corrected chi connectivity index (χ0v) is 6.59. The first kappa shape index (κ1) is 10.1. The molecule has 64 valence electrons. The van der Waals surface area contributed by atoms with Gasteiger partial charge in [0, 0.05) is 0 Å². The Kier molecular flexibility index (Phi) is 4.41. The first-order valence-corrected chi connectivity index (χ1v) is 3.33. The van der Waals surface area contributed by atoms with E-state index in [4.69, 9.17) is 0 Å². The largest absolute Gasteiger partial charge is 0.463 e. The summed E-state index contributed by atoms with van der Waals surface area (Å²) < 4.78 is 16.1. The standard InChI is InChI=1S/C7H11FO3/c1-5(2)11-7(10)3-6(9)4-8/h5H,3-4H2,1-2H3. The molecule has 0 amide bonds. The van der Waals surface area contributed by atoms with Crippen LogP contribution in [-0.2, 0) is 14.3 Å². The van der Waals surface area contributed by atoms with Crippen molar-refractivity contribution in [1.29, 1.82) is 0 Å². The fourth-order valence-corrected chi connectivity index (χ4v) is 0.513. The van der Waals surface area contributed by atoms with Crippen molar-refractivity contribution in [2.45, 2.75) is 26.4 Å². The molecule has 0 aromatic rings. The summed E-state index contributed by atoms with van der Waals surface area (Å²) in [5.74, 6) is -1.40. The summed E-state index contributed by atoms with van der Waals surface area (Å²) in [7, 11) is 0. The van der Waals surface area contributed by atoms with Gasteiger partial charge in [-0.25, -0.2) is 4.39 Å². The van der Waals surface area contributed by atoms with Gasteiger partial charge >= 0.3 is 5.97 Å². The van der Waals surface area contributed by atoms with Gasteiger partial charge in [0.15, 0.2) is 5.78 Å². The summed E-state index contributed by atoms with van der Waals surface area (Å²) >= 11 is 0. The summed E-state index contributed by atoms with van der Waals surface area (Å²) in [5, 5.41) is 0. The van der Waals surface area contributed by atoms with E-state index in [0.717, 1.165) is 0 Å². The fraction of sp³-hybridized carbons (Fsp3) is 0.714. The number of hydrogen-bond acceptors (Lipinski definition) is 3. The predicted molar refractivity (Wildman–Crippen MR) is 36.8 cm³/mol. The number of ether oxygens (including phenoxy) is 1. The monoisotopic (exact) mass is 162 g/mol. The summed E-state index contributed by atoms with van der Waals surface area (Å²) in [6, 6.07) is 0. The first-order valence-electron chi connectivity index (χ1n) is 3.33. The molecule has 0 aliphatic heterocycles. The Morgan fingerprint density at radius 3 is 2.36 bits per heavy atom. The van der Waals surface area contributed by atoms with E-state index < -0.39 is 24.8 Å². The van der Waals surface area contributed by atoms with Gasteiger partial charge in [0.1, 0.15) is 13.1 Å². The Labute approximate surface area is 64.5 Å². The van der Waals surface area contributed by atoms with Crippen LogP contribution in [-0.4, -0.2) is 24.5 Å². The van der Waals surface area contributed by atoms with Gasteiger partial charge in [-0.1, -0.05) is 0 Å². The number of esters is 1. The third-order valence-electron chi connectivity index (χ3n) is 0.858. The van der Waals surface area contributed by atoms with Crippen LogP contribution < -0.4 is 0 Å². The maximum absolute atomic E-state index is 11.5. The van der Waals surface area contributed by atoms with Crippen LogP contribution in [0.5, 0.6) is 0 Å². The molecule has 0 aromatic heterocycles. The van der Waals surface area contributed by atoms with E-state index in [9.17, 15) is 14.0 Å². The number of alkyl halides is 1. The van der Waals surface area contributed by atoms with Gasteiger partial charge < -0.3 is 4.74 Å². The average Bonchev–Trinajstić information content (AvgIpc) is 1.85. The molecule has 0 aliphatic rings. The van der Waals surface area contributed by atoms with E-state index in [1.807, 2.05) is 0 Å². The third-order valence-corrected chi connectivity index (χ3v) is 0.858. The highest BCUT2D eigenvalue weighted by molar-refractivity contribution is 5.96. The molecule has 0 saturated carbocycles. The molecule has 0 saturated heterocycles. The van der Waals surface area contributed by atoms with Gasteiger partial charge in [0.2, 0.25) is 0 Å². The smallest absolute Gasteiger partial charge is 0.313 e. The number of Topliss-reactive ketones (excluding diaryl/α,β-unsaturated/α-hetero) is 1. The molecule has 0 aromatic carbocycles. The molecule has 0 spiro atoms. The molecule has 0 unspecified atom stereocenters. The second kappa shape index (κ2) is 4.82. The molecule has 0 fully saturated rings. The summed E-state index contributed by atoms with van der Waals surface area (Å²) in [6.45, 7) is 2.23. The maximum atomic E-state index is 11.5. The first-order chi connectivity index (χ1) is 5.06. The van der Waals surface area contributed by atoms with Gasteiger partial charge in [-0.3, -0.25) is 9.59 Å². The lowest BCUT2D eigenvalue weighted by Crippen LogP contribution is -2.16. The number of carbonyl (C=O) groups excluding carboxylic acids is 2. The van der Waals surface area contributed by atoms with Crippen molar-refractivity contribution >= 4 is 11.8 Å². The van der Waals surface area contributed by atoms with Crippen LogP contribution in [0.15, 0.2) is 0 Å². The Balaban J connectivity index is 3.61. The fourth-order valence-electron chi connectivity index (χ4n) is 0.513. The maximum Gasteiger partial charge on any atom is 0.313 e. The number of carbonyl (C=O) groups is 2. The topological polar surface area (TPSA) is 43.4 Å². The van der Waals surface area contributed by atoms with Gasteiger partial charge in [-0.05, 0) is 13.8 Å². The van der Waals surface area contributed by atoms with Crippen molar-refractivity contribution in [3.05, 3.63) is 0 Å². The normalized spacial score (nSPS) is 9.82. The van der Waals surface area contributed by atoms with Crippen molar-refractivity contribution in [1.82, 2.24) is 0 Å². The molecule has 0 radical (unpaired) electrons. The van der Waals surface area contributed by atoms with Gasteiger partial charge in [-0.15, -0.1) is 0 Å². The molecular formula is C7H11FO3. The van der Waals surface area contributed by atoms with Crippen LogP contribution in [0.3, 0.4) is 0 Å². The van der Waals surface area contributed by atoms with Crippen molar-refractivity contribution in [2.24, 2.45) is 0 Å². The molecule has 11 heavy (non-hydrogen) atoms. The molecule has 0 N–H and O–H groups in total. The van der Waals surface area contributed by atoms with E-state index in [-0.39, 0.29) is 6.10 Å². The molecule has 0 atom stereocenters. The summed E-state index contributed by atoms with van der Waals surface area (Å²) in [5.41, 5.74) is 0. The highest BCUT2D eigenvalue weighted by Gasteiger charge is 2.10. The van der Waals surface area contributed by atoms with Crippen molar-refractivity contribution in [3.63, 3.8) is 0 Å². The lowest BCUT2D eigenvalue weighted by molar-refractivity contribution is -0.149. The van der Waals surface area contributed by atoms with E-state index in [0.29, 0.717) is 0 Å². The van der Waals surface area contributed by atoms with Crippen molar-refractivity contribution < 1.29 is 18.7 Å². The second-order valence-electron chi connectivity index (χ2n) is 2.39. The molecule has 0 rings (SSSR count). The van der Waals surface area contributed by atoms with Crippen molar-refractivity contribution in [2.75, 3.05) is 6.67 Å². The molecule has 3 nitrogen and oxygen atoms in total. The summed E-state index contributed by atoms with van der Waals surface area (Å²) in [6.07, 6.45) is -0.718. The van der Waals surface area contributed by atoms with Crippen LogP contribution in [0.2, 0.25) is 0 Å². The second-order valence-corrected chi connectivity index (χ2v) is 2.39.